The van der Waals surface area contributed by atoms with Crippen molar-refractivity contribution >= 4 is 22.6 Å². The van der Waals surface area contributed by atoms with Crippen LogP contribution in [0.5, 0.6) is 11.5 Å². The number of carbonyl (C=O) groups excluding carboxylic acids is 1. The monoisotopic (exact) mass is 513 g/mol. The molecule has 2 heterocycles. The van der Waals surface area contributed by atoms with E-state index in [4.69, 9.17) is 14.5 Å². The summed E-state index contributed by atoms with van der Waals surface area (Å²) < 4.78 is 28.2. The fourth-order valence-electron chi connectivity index (χ4n) is 5.10. The van der Waals surface area contributed by atoms with E-state index in [-0.39, 0.29) is 17.6 Å². The highest BCUT2D eigenvalue weighted by atomic mass is 19.1. The highest BCUT2D eigenvalue weighted by molar-refractivity contribution is 5.96. The van der Waals surface area contributed by atoms with Crippen molar-refractivity contribution in [1.29, 1.82) is 0 Å². The third kappa shape index (κ3) is 5.28. The molecule has 3 aromatic carbocycles. The van der Waals surface area contributed by atoms with Crippen molar-refractivity contribution in [3.63, 3.8) is 0 Å². The van der Waals surface area contributed by atoms with Crippen LogP contribution in [0.1, 0.15) is 36.6 Å². The predicted molar refractivity (Wildman–Crippen MR) is 147 cm³/mol. The van der Waals surface area contributed by atoms with E-state index in [0.717, 1.165) is 59.7 Å². The van der Waals surface area contributed by atoms with Gasteiger partial charge in [-0.25, -0.2) is 9.37 Å². The maximum atomic E-state index is 14.4. The van der Waals surface area contributed by atoms with Gasteiger partial charge in [0.15, 0.2) is 11.5 Å². The molecule has 0 N–H and O–H groups in total. The van der Waals surface area contributed by atoms with Crippen molar-refractivity contribution in [2.75, 3.05) is 25.2 Å². The van der Waals surface area contributed by atoms with Crippen molar-refractivity contribution in [3.05, 3.63) is 96.6 Å². The first-order valence-electron chi connectivity index (χ1n) is 13.0. The van der Waals surface area contributed by atoms with Crippen LogP contribution >= 0.6 is 0 Å². The van der Waals surface area contributed by atoms with E-state index < -0.39 is 0 Å². The summed E-state index contributed by atoms with van der Waals surface area (Å²) in [5.41, 5.74) is 3.40. The molecule has 4 aromatic rings. The lowest BCUT2D eigenvalue weighted by Crippen LogP contribution is -2.25. The first-order chi connectivity index (χ1) is 18.6. The lowest BCUT2D eigenvalue weighted by atomic mass is 10.1. The number of aryl methyl sites for hydroxylation is 1. The molecule has 7 heteroatoms. The van der Waals surface area contributed by atoms with Gasteiger partial charge in [-0.1, -0.05) is 36.4 Å². The number of hydrogen-bond donors (Lipinski definition) is 0. The number of methoxy groups -OCH3 is 1. The number of anilines is 1. The molecule has 0 aliphatic carbocycles. The maximum absolute atomic E-state index is 14.4. The van der Waals surface area contributed by atoms with Crippen LogP contribution in [-0.4, -0.2) is 35.7 Å². The molecule has 1 aliphatic heterocycles. The number of nitrogens with zero attached hydrogens (tertiary/aromatic N) is 3. The fraction of sp³-hybridized carbons (Fsp3) is 0.290. The van der Waals surface area contributed by atoms with Crippen LogP contribution < -0.4 is 14.4 Å². The van der Waals surface area contributed by atoms with Gasteiger partial charge in [0.1, 0.15) is 11.6 Å². The second-order valence-corrected chi connectivity index (χ2v) is 9.50. The summed E-state index contributed by atoms with van der Waals surface area (Å²) in [5, 5.41) is 0. The number of ether oxygens (including phenoxy) is 2. The second kappa shape index (κ2) is 11.5. The number of unbranched alkanes of at least 4 members (excludes halogenated alkanes) is 1. The molecule has 1 atom stereocenters. The topological polar surface area (TPSA) is 56.6 Å². The van der Waals surface area contributed by atoms with Gasteiger partial charge >= 0.3 is 0 Å². The third-order valence-corrected chi connectivity index (χ3v) is 6.96. The molecule has 6 nitrogen and oxygen atoms in total. The van der Waals surface area contributed by atoms with E-state index >= 15 is 0 Å². The van der Waals surface area contributed by atoms with Crippen LogP contribution in [0.4, 0.5) is 10.1 Å². The summed E-state index contributed by atoms with van der Waals surface area (Å²) in [6, 6.07) is 20.4. The highest BCUT2D eigenvalue weighted by Gasteiger charge is 2.35. The van der Waals surface area contributed by atoms with Crippen LogP contribution in [0.15, 0.2) is 79.4 Å². The number of carbonyl (C=O) groups is 1. The van der Waals surface area contributed by atoms with Crippen molar-refractivity contribution in [3.8, 4) is 11.5 Å². The minimum absolute atomic E-state index is 0.0832. The zero-order valence-electron chi connectivity index (χ0n) is 21.6. The number of hydrogen-bond acceptors (Lipinski definition) is 4. The summed E-state index contributed by atoms with van der Waals surface area (Å²) in [6.07, 6.45) is 4.67. The Bertz CT molecular complexity index is 1450. The molecule has 1 saturated heterocycles. The van der Waals surface area contributed by atoms with Gasteiger partial charge in [-0.2, -0.15) is 0 Å². The van der Waals surface area contributed by atoms with Gasteiger partial charge in [-0.15, -0.1) is 6.58 Å². The van der Waals surface area contributed by atoms with Gasteiger partial charge in [0.25, 0.3) is 0 Å². The zero-order chi connectivity index (χ0) is 26.5. The standard InChI is InChI=1S/C31H32FN3O3/c1-3-10-22-15-16-28(29(19-22)37-2)38-18-9-8-17-34-27-14-7-5-12-25(27)33-31(34)23-20-30(36)35(21-23)26-13-6-4-11-24(26)32/h3-7,11-16,19,23H,1,8-10,17-18,20-21H2,2H3. The molecule has 0 spiro atoms. The predicted octanol–water partition coefficient (Wildman–Crippen LogP) is 6.29. The first-order valence-corrected chi connectivity index (χ1v) is 13.0. The summed E-state index contributed by atoms with van der Waals surface area (Å²) in [5.74, 6) is 1.74. The van der Waals surface area contributed by atoms with Gasteiger partial charge in [-0.05, 0) is 61.2 Å². The maximum Gasteiger partial charge on any atom is 0.227 e. The number of fused-ring (bicyclic) bond motifs is 1. The van der Waals surface area contributed by atoms with Crippen molar-refractivity contribution in [2.24, 2.45) is 0 Å². The van der Waals surface area contributed by atoms with E-state index in [1.807, 2.05) is 42.5 Å². The Hall–Kier alpha value is -4.13. The van der Waals surface area contributed by atoms with Crippen molar-refractivity contribution in [1.82, 2.24) is 9.55 Å². The number of imidazole rings is 1. The van der Waals surface area contributed by atoms with Gasteiger partial charge in [-0.3, -0.25) is 4.79 Å². The minimum atomic E-state index is -0.387. The molecule has 196 valence electrons. The zero-order valence-corrected chi connectivity index (χ0v) is 21.6. The molecule has 0 radical (unpaired) electrons. The van der Waals surface area contributed by atoms with Crippen LogP contribution in [0.25, 0.3) is 11.0 Å². The van der Waals surface area contributed by atoms with Crippen LogP contribution in [0.2, 0.25) is 0 Å². The van der Waals surface area contributed by atoms with Gasteiger partial charge in [0.05, 0.1) is 30.4 Å². The molecule has 38 heavy (non-hydrogen) atoms. The number of halogens is 1. The number of allylic oxidation sites excluding steroid dienone is 1. The van der Waals surface area contributed by atoms with Gasteiger partial charge < -0.3 is 18.9 Å². The molecule has 1 fully saturated rings. The van der Waals surface area contributed by atoms with E-state index in [0.29, 0.717) is 25.3 Å². The fourth-order valence-corrected chi connectivity index (χ4v) is 5.10. The van der Waals surface area contributed by atoms with E-state index in [9.17, 15) is 9.18 Å². The van der Waals surface area contributed by atoms with Crippen LogP contribution in [-0.2, 0) is 17.8 Å². The summed E-state index contributed by atoms with van der Waals surface area (Å²) in [6.45, 7) is 5.50. The summed E-state index contributed by atoms with van der Waals surface area (Å²) in [4.78, 5) is 19.3. The average molecular weight is 514 g/mol. The molecular formula is C31H32FN3O3. The van der Waals surface area contributed by atoms with Crippen LogP contribution in [0, 0.1) is 5.82 Å². The Kier molecular flexibility index (Phi) is 7.73. The molecule has 0 bridgehead atoms. The lowest BCUT2D eigenvalue weighted by molar-refractivity contribution is -0.117. The van der Waals surface area contributed by atoms with Crippen LogP contribution in [0.3, 0.4) is 0 Å². The Labute approximate surface area is 222 Å². The molecule has 1 unspecified atom stereocenters. The van der Waals surface area contributed by atoms with Gasteiger partial charge in [0.2, 0.25) is 5.91 Å². The van der Waals surface area contributed by atoms with E-state index in [2.05, 4.69) is 17.2 Å². The number of rotatable bonds is 11. The Morgan fingerprint density at radius 2 is 1.89 bits per heavy atom. The number of amides is 1. The molecule has 5 rings (SSSR count). The Morgan fingerprint density at radius 3 is 2.71 bits per heavy atom. The molecule has 1 aromatic heterocycles. The Morgan fingerprint density at radius 1 is 1.08 bits per heavy atom. The largest absolute Gasteiger partial charge is 0.493 e. The second-order valence-electron chi connectivity index (χ2n) is 9.50. The SMILES string of the molecule is C=CCc1ccc(OCCCCn2c(C3CC(=O)N(c4ccccc4F)C3)nc3ccccc32)c(OC)c1. The summed E-state index contributed by atoms with van der Waals surface area (Å²) in [7, 11) is 1.65. The number of aromatic nitrogens is 2. The van der Waals surface area contributed by atoms with E-state index in [1.165, 1.54) is 6.07 Å². The smallest absolute Gasteiger partial charge is 0.227 e. The highest BCUT2D eigenvalue weighted by Crippen LogP contribution is 2.34. The Balaban J connectivity index is 1.27. The van der Waals surface area contributed by atoms with Crippen molar-refractivity contribution in [2.45, 2.75) is 38.1 Å². The normalized spacial score (nSPS) is 15.3. The molecular weight excluding hydrogens is 481 g/mol. The lowest BCUT2D eigenvalue weighted by Gasteiger charge is -2.18. The molecule has 1 amide bonds. The van der Waals surface area contributed by atoms with Gasteiger partial charge in [0, 0.05) is 25.4 Å². The minimum Gasteiger partial charge on any atom is -0.493 e. The first kappa shape index (κ1) is 25.5. The van der Waals surface area contributed by atoms with Crippen molar-refractivity contribution < 1.29 is 18.7 Å². The third-order valence-electron chi connectivity index (χ3n) is 6.96. The molecule has 0 saturated carbocycles. The quantitative estimate of drug-likeness (QED) is 0.175. The molecule has 1 aliphatic rings. The summed E-state index contributed by atoms with van der Waals surface area (Å²) >= 11 is 0. The van der Waals surface area contributed by atoms with E-state index in [1.54, 1.807) is 30.2 Å². The number of para-hydroxylation sites is 3. The average Bonchev–Trinajstić information content (AvgIpc) is 3.50. The number of benzene rings is 3.